The zero-order valence-electron chi connectivity index (χ0n) is 13.6. The van der Waals surface area contributed by atoms with Crippen molar-refractivity contribution in [3.8, 4) is 16.9 Å². The van der Waals surface area contributed by atoms with Gasteiger partial charge in [-0.3, -0.25) is 4.79 Å². The molecule has 2 aromatic carbocycles. The highest BCUT2D eigenvalue weighted by Gasteiger charge is 2.18. The molecule has 1 aliphatic carbocycles. The summed E-state index contributed by atoms with van der Waals surface area (Å²) in [5.74, 6) is 0.205. The molecule has 0 radical (unpaired) electrons. The first-order valence-corrected chi connectivity index (χ1v) is 8.69. The molecular formula is C21H24O2. The molecule has 0 aliphatic heterocycles. The van der Waals surface area contributed by atoms with Gasteiger partial charge in [-0.1, -0.05) is 56.0 Å². The predicted molar refractivity (Wildman–Crippen MR) is 94.0 cm³/mol. The number of fused-ring (bicyclic) bond motifs is 1. The molecule has 23 heavy (non-hydrogen) atoms. The lowest BCUT2D eigenvalue weighted by molar-refractivity contribution is 0.112. The van der Waals surface area contributed by atoms with Gasteiger partial charge >= 0.3 is 0 Å². The van der Waals surface area contributed by atoms with Crippen LogP contribution in [0.25, 0.3) is 11.1 Å². The topological polar surface area (TPSA) is 37.3 Å². The lowest BCUT2D eigenvalue weighted by Crippen LogP contribution is -2.03. The van der Waals surface area contributed by atoms with Crippen LogP contribution in [0.5, 0.6) is 5.75 Å². The molecule has 0 saturated heterocycles. The second-order valence-corrected chi connectivity index (χ2v) is 6.43. The van der Waals surface area contributed by atoms with Gasteiger partial charge in [-0.05, 0) is 54.0 Å². The van der Waals surface area contributed by atoms with E-state index < -0.39 is 0 Å². The Morgan fingerprint density at radius 2 is 1.52 bits per heavy atom. The van der Waals surface area contributed by atoms with E-state index in [1.165, 1.54) is 31.2 Å². The zero-order chi connectivity index (χ0) is 16.1. The SMILES string of the molecule is O=Cc1c(-c2ccccc2)cc2c(c1O)CCCCCCCC2. The standard InChI is InChI=1S/C21H24O2/c22-15-20-19(16-10-7-5-8-11-16)14-17-12-6-3-1-2-4-9-13-18(17)21(20)23/h5,7-8,10-11,14-15,23H,1-4,6,9,12-13H2. The number of hydrogen-bond acceptors (Lipinski definition) is 2. The Balaban J connectivity index is 2.11. The number of aromatic hydroxyl groups is 1. The Labute approximate surface area is 138 Å². The smallest absolute Gasteiger partial charge is 0.154 e. The van der Waals surface area contributed by atoms with Crippen molar-refractivity contribution in [1.82, 2.24) is 0 Å². The van der Waals surface area contributed by atoms with E-state index >= 15 is 0 Å². The molecule has 0 saturated carbocycles. The van der Waals surface area contributed by atoms with Crippen LogP contribution in [0.1, 0.15) is 60.0 Å². The number of benzene rings is 2. The van der Waals surface area contributed by atoms with Crippen molar-refractivity contribution in [2.24, 2.45) is 0 Å². The summed E-state index contributed by atoms with van der Waals surface area (Å²) in [5.41, 5.74) is 4.49. The number of aryl methyl sites for hydroxylation is 1. The molecule has 0 fully saturated rings. The molecule has 1 N–H and O–H groups in total. The van der Waals surface area contributed by atoms with Crippen molar-refractivity contribution in [2.75, 3.05) is 0 Å². The second-order valence-electron chi connectivity index (χ2n) is 6.43. The Kier molecular flexibility index (Phi) is 5.12. The molecular weight excluding hydrogens is 284 g/mol. The van der Waals surface area contributed by atoms with E-state index in [0.717, 1.165) is 48.7 Å². The van der Waals surface area contributed by atoms with Gasteiger partial charge < -0.3 is 5.11 Å². The fourth-order valence-corrected chi connectivity index (χ4v) is 3.58. The molecule has 120 valence electrons. The third-order valence-corrected chi connectivity index (χ3v) is 4.86. The monoisotopic (exact) mass is 308 g/mol. The molecule has 0 bridgehead atoms. The van der Waals surface area contributed by atoms with Crippen LogP contribution in [0.2, 0.25) is 0 Å². The van der Waals surface area contributed by atoms with Gasteiger partial charge in [0.2, 0.25) is 0 Å². The van der Waals surface area contributed by atoms with Crippen molar-refractivity contribution >= 4 is 6.29 Å². The summed E-state index contributed by atoms with van der Waals surface area (Å²) < 4.78 is 0. The first-order chi connectivity index (χ1) is 11.3. The largest absolute Gasteiger partial charge is 0.507 e. The number of rotatable bonds is 2. The van der Waals surface area contributed by atoms with E-state index in [0.29, 0.717) is 5.56 Å². The molecule has 0 heterocycles. The number of phenolic OH excluding ortho intramolecular Hbond substituents is 1. The lowest BCUT2D eigenvalue weighted by atomic mass is 9.87. The molecule has 2 aromatic rings. The van der Waals surface area contributed by atoms with Gasteiger partial charge in [-0.15, -0.1) is 0 Å². The Hall–Kier alpha value is -2.09. The lowest BCUT2D eigenvalue weighted by Gasteiger charge is -2.18. The van der Waals surface area contributed by atoms with Crippen molar-refractivity contribution in [2.45, 2.75) is 51.4 Å². The molecule has 0 unspecified atom stereocenters. The van der Waals surface area contributed by atoms with Crippen LogP contribution >= 0.6 is 0 Å². The molecule has 0 amide bonds. The molecule has 0 spiro atoms. The highest BCUT2D eigenvalue weighted by atomic mass is 16.3. The maximum Gasteiger partial charge on any atom is 0.154 e. The molecule has 0 aromatic heterocycles. The van der Waals surface area contributed by atoms with Gasteiger partial charge in [0, 0.05) is 0 Å². The van der Waals surface area contributed by atoms with Crippen LogP contribution in [0.4, 0.5) is 0 Å². The van der Waals surface area contributed by atoms with Gasteiger partial charge in [0.1, 0.15) is 5.75 Å². The van der Waals surface area contributed by atoms with Crippen molar-refractivity contribution in [1.29, 1.82) is 0 Å². The van der Waals surface area contributed by atoms with Gasteiger partial charge in [-0.2, -0.15) is 0 Å². The minimum atomic E-state index is 0.205. The number of aldehydes is 1. The minimum absolute atomic E-state index is 0.205. The van der Waals surface area contributed by atoms with E-state index in [2.05, 4.69) is 6.07 Å². The fraction of sp³-hybridized carbons (Fsp3) is 0.381. The summed E-state index contributed by atoms with van der Waals surface area (Å²) in [6.07, 6.45) is 9.93. The van der Waals surface area contributed by atoms with Gasteiger partial charge in [0.05, 0.1) is 5.56 Å². The number of phenols is 1. The van der Waals surface area contributed by atoms with Crippen LogP contribution in [0, 0.1) is 0 Å². The van der Waals surface area contributed by atoms with E-state index in [-0.39, 0.29) is 5.75 Å². The number of hydrogen-bond donors (Lipinski definition) is 1. The van der Waals surface area contributed by atoms with Crippen LogP contribution in [-0.2, 0) is 12.8 Å². The summed E-state index contributed by atoms with van der Waals surface area (Å²) in [6, 6.07) is 12.0. The van der Waals surface area contributed by atoms with E-state index in [9.17, 15) is 9.90 Å². The predicted octanol–water partition coefficient (Wildman–Crippen LogP) is 5.31. The normalized spacial score (nSPS) is 15.7. The first kappa shape index (κ1) is 15.8. The Bertz CT molecular complexity index is 674. The third-order valence-electron chi connectivity index (χ3n) is 4.86. The fourth-order valence-electron chi connectivity index (χ4n) is 3.58. The minimum Gasteiger partial charge on any atom is -0.507 e. The highest BCUT2D eigenvalue weighted by Crippen LogP contribution is 2.36. The van der Waals surface area contributed by atoms with E-state index in [4.69, 9.17) is 0 Å². The second kappa shape index (κ2) is 7.45. The third kappa shape index (κ3) is 3.47. The number of carbonyl (C=O) groups is 1. The summed E-state index contributed by atoms with van der Waals surface area (Å²) >= 11 is 0. The van der Waals surface area contributed by atoms with E-state index in [1.807, 2.05) is 30.3 Å². The number of carbonyl (C=O) groups excluding carboxylic acids is 1. The molecule has 1 aliphatic rings. The summed E-state index contributed by atoms with van der Waals surface area (Å²) in [7, 11) is 0. The van der Waals surface area contributed by atoms with Crippen molar-refractivity contribution < 1.29 is 9.90 Å². The maximum absolute atomic E-state index is 11.6. The van der Waals surface area contributed by atoms with Crippen LogP contribution < -0.4 is 0 Å². The molecule has 3 rings (SSSR count). The summed E-state index contributed by atoms with van der Waals surface area (Å²) in [4.78, 5) is 11.6. The quantitative estimate of drug-likeness (QED) is 0.763. The molecule has 2 nitrogen and oxygen atoms in total. The van der Waals surface area contributed by atoms with E-state index in [1.54, 1.807) is 0 Å². The maximum atomic E-state index is 11.6. The summed E-state index contributed by atoms with van der Waals surface area (Å²) in [5, 5.41) is 10.7. The average Bonchev–Trinajstić information content (AvgIpc) is 2.60. The average molecular weight is 308 g/mol. The zero-order valence-corrected chi connectivity index (χ0v) is 13.6. The van der Waals surface area contributed by atoms with Crippen molar-refractivity contribution in [3.63, 3.8) is 0 Å². The Morgan fingerprint density at radius 1 is 0.870 bits per heavy atom. The molecule has 0 atom stereocenters. The van der Waals surface area contributed by atoms with Crippen LogP contribution in [0.15, 0.2) is 36.4 Å². The van der Waals surface area contributed by atoms with Crippen molar-refractivity contribution in [3.05, 3.63) is 53.1 Å². The Morgan fingerprint density at radius 3 is 2.22 bits per heavy atom. The highest BCUT2D eigenvalue weighted by molar-refractivity contribution is 5.92. The van der Waals surface area contributed by atoms with Crippen LogP contribution in [0.3, 0.4) is 0 Å². The van der Waals surface area contributed by atoms with Gasteiger partial charge in [-0.25, -0.2) is 0 Å². The van der Waals surface area contributed by atoms with Crippen LogP contribution in [-0.4, -0.2) is 11.4 Å². The van der Waals surface area contributed by atoms with Gasteiger partial charge in [0.15, 0.2) is 6.29 Å². The first-order valence-electron chi connectivity index (χ1n) is 8.69. The van der Waals surface area contributed by atoms with Gasteiger partial charge in [0.25, 0.3) is 0 Å². The summed E-state index contributed by atoms with van der Waals surface area (Å²) in [6.45, 7) is 0. The molecule has 2 heteroatoms.